The van der Waals surface area contributed by atoms with Crippen molar-refractivity contribution in [2.45, 2.75) is 65.1 Å². The van der Waals surface area contributed by atoms with Crippen molar-refractivity contribution < 1.29 is 13.3 Å². The first-order chi connectivity index (χ1) is 7.77. The summed E-state index contributed by atoms with van der Waals surface area (Å²) < 4.78 is 22.9. The second kappa shape index (κ2) is 8.47. The van der Waals surface area contributed by atoms with Gasteiger partial charge in [-0.1, -0.05) is 39.0 Å². The highest BCUT2D eigenvalue weighted by atomic mass is 31.2. The predicted octanol–water partition coefficient (Wildman–Crippen LogP) is 5.04. The quantitative estimate of drug-likeness (QED) is 0.319. The monoisotopic (exact) mass is 280 g/mol. The lowest BCUT2D eigenvalue weighted by atomic mass is 10.1. The molecule has 0 rings (SSSR count). The summed E-state index contributed by atoms with van der Waals surface area (Å²) in [5.74, 6) is 0. The molecule has 0 aromatic carbocycles. The number of hydrogen-bond acceptors (Lipinski definition) is 3. The normalized spacial score (nSPS) is 15.8. The van der Waals surface area contributed by atoms with Crippen molar-refractivity contribution >= 4 is 15.9 Å². The van der Waals surface area contributed by atoms with Crippen LogP contribution in [0.2, 0.25) is 19.6 Å². The van der Waals surface area contributed by atoms with E-state index in [4.69, 9.17) is 8.74 Å². The van der Waals surface area contributed by atoms with E-state index in [-0.39, 0.29) is 0 Å². The molecule has 3 nitrogen and oxygen atoms in total. The largest absolute Gasteiger partial charge is 0.351 e. The SMILES string of the molecule is CCCCCCCCOP(C)(=O)O[Si](C)(C)C. The van der Waals surface area contributed by atoms with Crippen LogP contribution in [0.25, 0.3) is 0 Å². The molecule has 0 saturated carbocycles. The zero-order valence-electron chi connectivity index (χ0n) is 12.1. The first-order valence-corrected chi connectivity index (χ1v) is 12.1. The third kappa shape index (κ3) is 12.6. The van der Waals surface area contributed by atoms with Crippen molar-refractivity contribution in [2.75, 3.05) is 13.3 Å². The van der Waals surface area contributed by atoms with Crippen LogP contribution in [0.5, 0.6) is 0 Å². The maximum atomic E-state index is 12.0. The van der Waals surface area contributed by atoms with Crippen LogP contribution in [0.15, 0.2) is 0 Å². The number of hydrogen-bond donors (Lipinski definition) is 0. The fourth-order valence-corrected chi connectivity index (χ4v) is 6.29. The second-order valence-corrected chi connectivity index (χ2v) is 12.3. The summed E-state index contributed by atoms with van der Waals surface area (Å²) in [6.45, 7) is 10.4. The molecule has 5 heteroatoms. The minimum atomic E-state index is -2.81. The molecule has 0 aliphatic rings. The van der Waals surface area contributed by atoms with E-state index in [2.05, 4.69) is 6.92 Å². The van der Waals surface area contributed by atoms with Crippen molar-refractivity contribution in [1.82, 2.24) is 0 Å². The fourth-order valence-electron chi connectivity index (χ4n) is 1.64. The Morgan fingerprint density at radius 1 is 1.00 bits per heavy atom. The molecule has 0 bridgehead atoms. The Hall–Kier alpha value is 0.367. The van der Waals surface area contributed by atoms with Gasteiger partial charge in [0.2, 0.25) is 0 Å². The van der Waals surface area contributed by atoms with Crippen LogP contribution >= 0.6 is 7.60 Å². The number of unbranched alkanes of at least 4 members (excludes halogenated alkanes) is 5. The maximum absolute atomic E-state index is 12.0. The van der Waals surface area contributed by atoms with Crippen LogP contribution in [0.4, 0.5) is 0 Å². The summed E-state index contributed by atoms with van der Waals surface area (Å²) in [6.07, 6.45) is 7.27. The minimum absolute atomic E-state index is 0.560. The minimum Gasteiger partial charge on any atom is -0.351 e. The molecule has 0 radical (unpaired) electrons. The molecule has 0 aromatic heterocycles. The van der Waals surface area contributed by atoms with Crippen LogP contribution in [-0.2, 0) is 13.3 Å². The molecule has 0 spiro atoms. The summed E-state index contributed by atoms with van der Waals surface area (Å²) in [4.78, 5) is 0. The fraction of sp³-hybridized carbons (Fsp3) is 1.00. The molecule has 0 N–H and O–H groups in total. The van der Waals surface area contributed by atoms with Crippen LogP contribution in [0.1, 0.15) is 45.4 Å². The van der Waals surface area contributed by atoms with Gasteiger partial charge in [-0.25, -0.2) is 0 Å². The maximum Gasteiger partial charge on any atom is 0.318 e. The Labute approximate surface area is 108 Å². The van der Waals surface area contributed by atoms with Crippen molar-refractivity contribution in [3.8, 4) is 0 Å². The predicted molar refractivity (Wildman–Crippen MR) is 77.3 cm³/mol. The lowest BCUT2D eigenvalue weighted by Gasteiger charge is -2.23. The Morgan fingerprint density at radius 3 is 2.06 bits per heavy atom. The molecule has 0 amide bonds. The molecule has 17 heavy (non-hydrogen) atoms. The smallest absolute Gasteiger partial charge is 0.318 e. The van der Waals surface area contributed by atoms with Crippen LogP contribution in [0.3, 0.4) is 0 Å². The highest BCUT2D eigenvalue weighted by Crippen LogP contribution is 2.46. The van der Waals surface area contributed by atoms with Crippen molar-refractivity contribution in [1.29, 1.82) is 0 Å². The Morgan fingerprint density at radius 2 is 1.53 bits per heavy atom. The topological polar surface area (TPSA) is 35.5 Å². The van der Waals surface area contributed by atoms with E-state index in [0.717, 1.165) is 12.8 Å². The lowest BCUT2D eigenvalue weighted by molar-refractivity contribution is 0.261. The van der Waals surface area contributed by atoms with E-state index in [1.54, 1.807) is 6.66 Å². The second-order valence-electron chi connectivity index (χ2n) is 5.58. The van der Waals surface area contributed by atoms with Crippen molar-refractivity contribution in [2.24, 2.45) is 0 Å². The van der Waals surface area contributed by atoms with E-state index in [0.29, 0.717) is 6.61 Å². The highest BCUT2D eigenvalue weighted by Gasteiger charge is 2.26. The zero-order valence-corrected chi connectivity index (χ0v) is 14.0. The molecule has 0 heterocycles. The van der Waals surface area contributed by atoms with Crippen molar-refractivity contribution in [3.63, 3.8) is 0 Å². The summed E-state index contributed by atoms with van der Waals surface area (Å²) in [7, 11) is -4.58. The Kier molecular flexibility index (Phi) is 8.65. The van der Waals surface area contributed by atoms with E-state index >= 15 is 0 Å². The van der Waals surface area contributed by atoms with Gasteiger partial charge in [-0.2, -0.15) is 0 Å². The third-order valence-electron chi connectivity index (χ3n) is 2.26. The molecular formula is C12H29O3PSi. The molecule has 0 aliphatic heterocycles. The standard InChI is InChI=1S/C12H29O3PSi/c1-6-7-8-9-10-11-12-14-16(2,13)15-17(3,4)5/h6-12H2,1-5H3. The van der Waals surface area contributed by atoms with Gasteiger partial charge in [-0.15, -0.1) is 0 Å². The molecule has 1 unspecified atom stereocenters. The number of rotatable bonds is 10. The molecule has 0 aromatic rings. The molecule has 0 saturated heterocycles. The summed E-state index contributed by atoms with van der Waals surface area (Å²) in [5, 5.41) is 0. The van der Waals surface area contributed by atoms with Gasteiger partial charge in [0.25, 0.3) is 0 Å². The van der Waals surface area contributed by atoms with Crippen LogP contribution in [0, 0.1) is 0 Å². The van der Waals surface area contributed by atoms with Crippen molar-refractivity contribution in [3.05, 3.63) is 0 Å². The summed E-state index contributed by atoms with van der Waals surface area (Å²) >= 11 is 0. The van der Waals surface area contributed by atoms with E-state index < -0.39 is 15.9 Å². The Balaban J connectivity index is 3.56. The van der Waals surface area contributed by atoms with Crippen LogP contribution in [-0.4, -0.2) is 21.6 Å². The van der Waals surface area contributed by atoms with E-state index in [1.807, 2.05) is 19.6 Å². The van der Waals surface area contributed by atoms with Crippen LogP contribution < -0.4 is 0 Å². The molecule has 1 atom stereocenters. The van der Waals surface area contributed by atoms with Gasteiger partial charge in [0.15, 0.2) is 8.32 Å². The Bertz CT molecular complexity index is 238. The van der Waals surface area contributed by atoms with Gasteiger partial charge in [-0.3, -0.25) is 4.57 Å². The zero-order chi connectivity index (χ0) is 13.4. The molecule has 0 aliphatic carbocycles. The van der Waals surface area contributed by atoms with Gasteiger partial charge in [-0.05, 0) is 26.1 Å². The molecular weight excluding hydrogens is 251 g/mol. The van der Waals surface area contributed by atoms with Gasteiger partial charge in [0, 0.05) is 6.66 Å². The summed E-state index contributed by atoms with van der Waals surface area (Å²) in [6, 6.07) is 0. The average molecular weight is 280 g/mol. The first-order valence-electron chi connectivity index (χ1n) is 6.69. The van der Waals surface area contributed by atoms with E-state index in [9.17, 15) is 4.57 Å². The van der Waals surface area contributed by atoms with E-state index in [1.165, 1.54) is 25.7 Å². The van der Waals surface area contributed by atoms with Gasteiger partial charge >= 0.3 is 7.60 Å². The first kappa shape index (κ1) is 17.4. The average Bonchev–Trinajstić information content (AvgIpc) is 2.12. The van der Waals surface area contributed by atoms with Gasteiger partial charge < -0.3 is 8.74 Å². The third-order valence-corrected chi connectivity index (χ3v) is 6.43. The lowest BCUT2D eigenvalue weighted by Crippen LogP contribution is -2.24. The molecule has 0 fully saturated rings. The molecule has 104 valence electrons. The van der Waals surface area contributed by atoms with Gasteiger partial charge in [0.05, 0.1) is 6.61 Å². The summed E-state index contributed by atoms with van der Waals surface area (Å²) in [5.41, 5.74) is 0. The van der Waals surface area contributed by atoms with Gasteiger partial charge in [0.1, 0.15) is 0 Å². The highest BCUT2D eigenvalue weighted by molar-refractivity contribution is 7.54.